The quantitative estimate of drug-likeness (QED) is 0.427. The SMILES string of the molecule is C=C[Si](C)(C)C.[Br-].[Br-].[Mg+2]. The summed E-state index contributed by atoms with van der Waals surface area (Å²) < 4.78 is 0. The molecule has 0 bridgehead atoms. The fourth-order valence-electron chi connectivity index (χ4n) is 0. The average molecular weight is 284 g/mol. The first kappa shape index (κ1) is 22.4. The summed E-state index contributed by atoms with van der Waals surface area (Å²) in [5, 5.41) is 0. The molecule has 0 aromatic carbocycles. The van der Waals surface area contributed by atoms with Crippen LogP contribution >= 0.6 is 0 Å². The zero-order chi connectivity index (χ0) is 5.21. The van der Waals surface area contributed by atoms with E-state index in [1.165, 1.54) is 0 Å². The maximum absolute atomic E-state index is 3.69. The van der Waals surface area contributed by atoms with Gasteiger partial charge in [-0.15, -0.1) is 12.3 Å². The molecule has 0 heterocycles. The maximum Gasteiger partial charge on any atom is 2.00 e. The predicted octanol–water partition coefficient (Wildman–Crippen LogP) is -4.32. The van der Waals surface area contributed by atoms with Gasteiger partial charge < -0.3 is 34.0 Å². The van der Waals surface area contributed by atoms with Crippen LogP contribution in [0.5, 0.6) is 0 Å². The maximum atomic E-state index is 3.69. The molecule has 0 rings (SSSR count). The normalized spacial score (nSPS) is 7.44. The van der Waals surface area contributed by atoms with Crippen molar-refractivity contribution < 1.29 is 34.0 Å². The third-order valence-electron chi connectivity index (χ3n) is 0.612. The second-order valence-corrected chi connectivity index (χ2v) is 7.71. The van der Waals surface area contributed by atoms with Gasteiger partial charge in [0.2, 0.25) is 0 Å². The fraction of sp³-hybridized carbons (Fsp3) is 0.600. The van der Waals surface area contributed by atoms with E-state index in [4.69, 9.17) is 0 Å². The molecule has 9 heavy (non-hydrogen) atoms. The van der Waals surface area contributed by atoms with Crippen molar-refractivity contribution in [3.8, 4) is 0 Å². The van der Waals surface area contributed by atoms with Crippen molar-refractivity contribution in [1.82, 2.24) is 0 Å². The van der Waals surface area contributed by atoms with Gasteiger partial charge in [-0.25, -0.2) is 0 Å². The molecular weight excluding hydrogens is 272 g/mol. The molecule has 0 amide bonds. The molecule has 0 nitrogen and oxygen atoms in total. The zero-order valence-electron chi connectivity index (χ0n) is 6.25. The molecule has 0 aliphatic rings. The van der Waals surface area contributed by atoms with Crippen molar-refractivity contribution in [3.63, 3.8) is 0 Å². The van der Waals surface area contributed by atoms with Crippen molar-refractivity contribution in [2.45, 2.75) is 19.6 Å². The molecule has 0 spiro atoms. The van der Waals surface area contributed by atoms with Crippen LogP contribution in [0, 0.1) is 0 Å². The minimum absolute atomic E-state index is 0. The first-order valence-corrected chi connectivity index (χ1v) is 5.77. The first-order chi connectivity index (χ1) is 2.56. The monoisotopic (exact) mass is 282 g/mol. The van der Waals surface area contributed by atoms with E-state index < -0.39 is 8.07 Å². The summed E-state index contributed by atoms with van der Waals surface area (Å²) in [6.07, 6.45) is 0. The van der Waals surface area contributed by atoms with Crippen LogP contribution in [0.4, 0.5) is 0 Å². The van der Waals surface area contributed by atoms with Crippen molar-refractivity contribution in [3.05, 3.63) is 12.3 Å². The van der Waals surface area contributed by atoms with Gasteiger partial charge >= 0.3 is 23.1 Å². The van der Waals surface area contributed by atoms with E-state index in [1.54, 1.807) is 0 Å². The van der Waals surface area contributed by atoms with Crippen molar-refractivity contribution in [2.75, 3.05) is 0 Å². The molecule has 0 aromatic heterocycles. The third-order valence-corrected chi connectivity index (χ3v) is 1.84. The minimum atomic E-state index is -0.867. The standard InChI is InChI=1S/C5H12Si.2BrH.Mg/c1-5-6(2,3)4;;;/h5H,1H2,2-4H3;2*1H;/q;;;+2/p-2. The van der Waals surface area contributed by atoms with E-state index in [9.17, 15) is 0 Å². The fourth-order valence-corrected chi connectivity index (χ4v) is 0. The van der Waals surface area contributed by atoms with Crippen LogP contribution in [0.2, 0.25) is 19.6 Å². The Kier molecular flexibility index (Phi) is 24.1. The third kappa shape index (κ3) is 26.1. The predicted molar refractivity (Wildman–Crippen MR) is 39.3 cm³/mol. The molecule has 0 radical (unpaired) electrons. The van der Waals surface area contributed by atoms with Crippen LogP contribution < -0.4 is 34.0 Å². The van der Waals surface area contributed by atoms with Gasteiger partial charge in [-0.3, -0.25) is 0 Å². The smallest absolute Gasteiger partial charge is 1.00 e. The van der Waals surface area contributed by atoms with Gasteiger partial charge in [-0.1, -0.05) is 19.6 Å². The van der Waals surface area contributed by atoms with Crippen LogP contribution in [-0.2, 0) is 0 Å². The summed E-state index contributed by atoms with van der Waals surface area (Å²) in [5.74, 6) is 0. The number of halogens is 2. The Balaban J connectivity index is -0.0000000417. The molecule has 0 aliphatic heterocycles. The Morgan fingerprint density at radius 3 is 1.22 bits per heavy atom. The molecule has 0 N–H and O–H groups in total. The summed E-state index contributed by atoms with van der Waals surface area (Å²) in [6, 6.07) is 0. The largest absolute Gasteiger partial charge is 2.00 e. The van der Waals surface area contributed by atoms with Gasteiger partial charge in [0, 0.05) is 0 Å². The molecule has 0 fully saturated rings. The molecule has 0 atom stereocenters. The van der Waals surface area contributed by atoms with Crippen LogP contribution in [0.25, 0.3) is 0 Å². The van der Waals surface area contributed by atoms with E-state index in [0.717, 1.165) is 0 Å². The Hall–Kier alpha value is 1.68. The summed E-state index contributed by atoms with van der Waals surface area (Å²) >= 11 is 0. The van der Waals surface area contributed by atoms with Crippen molar-refractivity contribution >= 4 is 31.1 Å². The Bertz CT molecular complexity index is 60.5. The van der Waals surface area contributed by atoms with Crippen LogP contribution in [0.3, 0.4) is 0 Å². The Morgan fingerprint density at radius 2 is 1.22 bits per heavy atom. The Labute approximate surface area is 96.2 Å². The molecule has 0 aliphatic carbocycles. The van der Waals surface area contributed by atoms with Crippen molar-refractivity contribution in [2.24, 2.45) is 0 Å². The van der Waals surface area contributed by atoms with Crippen LogP contribution in [-0.4, -0.2) is 31.1 Å². The Morgan fingerprint density at radius 1 is 1.11 bits per heavy atom. The van der Waals surface area contributed by atoms with E-state index in [2.05, 4.69) is 31.9 Å². The van der Waals surface area contributed by atoms with E-state index >= 15 is 0 Å². The summed E-state index contributed by atoms with van der Waals surface area (Å²) in [4.78, 5) is 0. The summed E-state index contributed by atoms with van der Waals surface area (Å²) in [7, 11) is -0.867. The topological polar surface area (TPSA) is 0 Å². The van der Waals surface area contributed by atoms with Gasteiger partial charge in [-0.2, -0.15) is 0 Å². The van der Waals surface area contributed by atoms with Crippen LogP contribution in [0.15, 0.2) is 12.3 Å². The van der Waals surface area contributed by atoms with Gasteiger partial charge in [0.25, 0.3) is 0 Å². The van der Waals surface area contributed by atoms with Gasteiger partial charge in [-0.05, 0) is 0 Å². The summed E-state index contributed by atoms with van der Waals surface area (Å²) in [5.41, 5.74) is 2.08. The average Bonchev–Trinajstić information content (AvgIpc) is 1.35. The second-order valence-electron chi connectivity index (χ2n) is 2.57. The van der Waals surface area contributed by atoms with Crippen LogP contribution in [0.1, 0.15) is 0 Å². The van der Waals surface area contributed by atoms with E-state index in [1.807, 2.05) is 0 Å². The molecular formula is C5H12Br2MgSi. The van der Waals surface area contributed by atoms with Gasteiger partial charge in [0.15, 0.2) is 0 Å². The number of hydrogen-bond donors (Lipinski definition) is 0. The van der Waals surface area contributed by atoms with Crippen molar-refractivity contribution in [1.29, 1.82) is 0 Å². The first-order valence-electron chi connectivity index (χ1n) is 2.20. The number of hydrogen-bond acceptors (Lipinski definition) is 0. The molecule has 0 aromatic rings. The zero-order valence-corrected chi connectivity index (χ0v) is 11.8. The molecule has 0 saturated heterocycles. The molecule has 52 valence electrons. The minimum Gasteiger partial charge on any atom is -1.00 e. The van der Waals surface area contributed by atoms with E-state index in [-0.39, 0.29) is 57.0 Å². The summed E-state index contributed by atoms with van der Waals surface area (Å²) in [6.45, 7) is 10.5. The van der Waals surface area contributed by atoms with Gasteiger partial charge in [0.1, 0.15) is 0 Å². The second kappa shape index (κ2) is 9.68. The molecule has 0 unspecified atom stereocenters. The van der Waals surface area contributed by atoms with Gasteiger partial charge in [0.05, 0.1) is 8.07 Å². The molecule has 4 heteroatoms. The van der Waals surface area contributed by atoms with E-state index in [0.29, 0.717) is 0 Å². The molecule has 0 saturated carbocycles. The number of rotatable bonds is 1.